The number of aromatic nitrogens is 1. The summed E-state index contributed by atoms with van der Waals surface area (Å²) < 4.78 is 39.1. The molecule has 0 spiro atoms. The van der Waals surface area contributed by atoms with Crippen molar-refractivity contribution in [3.8, 4) is 0 Å². The van der Waals surface area contributed by atoms with Crippen molar-refractivity contribution in [3.05, 3.63) is 46.4 Å². The number of carbonyl (C=O) groups excluding carboxylic acids is 1. The molecule has 2 aromatic rings. The minimum Gasteiger partial charge on any atom is -0.481 e. The zero-order chi connectivity index (χ0) is 18.4. The highest BCUT2D eigenvalue weighted by Gasteiger charge is 2.53. The summed E-state index contributed by atoms with van der Waals surface area (Å²) in [6, 6.07) is 7.83. The molecular weight excluding hydrogens is 377 g/mol. The van der Waals surface area contributed by atoms with Crippen molar-refractivity contribution < 1.29 is 27.9 Å². The van der Waals surface area contributed by atoms with Crippen LogP contribution in [0.4, 0.5) is 13.2 Å². The molecule has 1 aliphatic rings. The van der Waals surface area contributed by atoms with E-state index in [2.05, 4.69) is 4.98 Å². The number of hydrogen-bond donors (Lipinski definition) is 2. The number of benzene rings is 1. The van der Waals surface area contributed by atoms with Crippen molar-refractivity contribution in [2.75, 3.05) is 13.1 Å². The zero-order valence-electron chi connectivity index (χ0n) is 13.1. The molecule has 0 unspecified atom stereocenters. The molecule has 1 aromatic carbocycles. The van der Waals surface area contributed by atoms with E-state index in [4.69, 9.17) is 5.11 Å². The maximum atomic E-state index is 13.0. The summed E-state index contributed by atoms with van der Waals surface area (Å²) in [5.74, 6) is -6.30. The van der Waals surface area contributed by atoms with Crippen LogP contribution in [-0.4, -0.2) is 46.1 Å². The molecular formula is C16H14ClF3N2O4. The van der Waals surface area contributed by atoms with E-state index in [1.807, 2.05) is 0 Å². The first kappa shape index (κ1) is 19.8. The lowest BCUT2D eigenvalue weighted by molar-refractivity contribution is -0.187. The number of carbonyl (C=O) groups is 2. The number of pyridine rings is 1. The average Bonchev–Trinajstić information content (AvgIpc) is 3.00. The van der Waals surface area contributed by atoms with Gasteiger partial charge >= 0.3 is 12.1 Å². The molecule has 26 heavy (non-hydrogen) atoms. The standard InChI is InChI=1S/C16H13F3N2O4.ClH/c17-16(18,19)11-7-21(6-10(11)15(24)25)14(23)12-5-8-3-1-2-4-9(8)13(22)20-12;/h1-5,10-11H,6-7H2,(H,20,22)(H,24,25);1H/t10-,11-;/m1./s1. The van der Waals surface area contributed by atoms with Gasteiger partial charge in [-0.25, -0.2) is 0 Å². The number of carboxylic acid groups (broad SMARTS) is 1. The van der Waals surface area contributed by atoms with E-state index < -0.39 is 48.5 Å². The summed E-state index contributed by atoms with van der Waals surface area (Å²) in [6.45, 7) is -1.32. The average molecular weight is 391 g/mol. The largest absolute Gasteiger partial charge is 0.481 e. The van der Waals surface area contributed by atoms with Crippen molar-refractivity contribution >= 4 is 35.1 Å². The smallest absolute Gasteiger partial charge is 0.394 e. The van der Waals surface area contributed by atoms with Gasteiger partial charge in [-0.05, 0) is 17.5 Å². The Morgan fingerprint density at radius 1 is 1.19 bits per heavy atom. The molecule has 10 heteroatoms. The maximum absolute atomic E-state index is 13.0. The van der Waals surface area contributed by atoms with Gasteiger partial charge in [-0.1, -0.05) is 18.2 Å². The summed E-state index contributed by atoms with van der Waals surface area (Å²) in [4.78, 5) is 38.8. The molecule has 140 valence electrons. The number of nitrogens with one attached hydrogen (secondary N) is 1. The highest BCUT2D eigenvalue weighted by molar-refractivity contribution is 5.96. The Kier molecular flexibility index (Phi) is 5.31. The molecule has 2 atom stereocenters. The van der Waals surface area contributed by atoms with E-state index in [-0.39, 0.29) is 18.1 Å². The normalized spacial score (nSPS) is 20.0. The van der Waals surface area contributed by atoms with E-state index in [1.54, 1.807) is 24.3 Å². The third-order valence-electron chi connectivity index (χ3n) is 4.33. The topological polar surface area (TPSA) is 90.5 Å². The van der Waals surface area contributed by atoms with Gasteiger partial charge < -0.3 is 15.0 Å². The van der Waals surface area contributed by atoms with Gasteiger partial charge in [0.1, 0.15) is 5.69 Å². The van der Waals surface area contributed by atoms with Crippen LogP contribution in [0.1, 0.15) is 10.5 Å². The molecule has 1 amide bonds. The predicted octanol–water partition coefficient (Wildman–Crippen LogP) is 2.29. The second-order valence-corrected chi connectivity index (χ2v) is 5.90. The van der Waals surface area contributed by atoms with E-state index >= 15 is 0 Å². The minimum atomic E-state index is -4.73. The van der Waals surface area contributed by atoms with Gasteiger partial charge in [0.15, 0.2) is 0 Å². The predicted molar refractivity (Wildman–Crippen MR) is 88.4 cm³/mol. The molecule has 2 heterocycles. The van der Waals surface area contributed by atoms with Gasteiger partial charge in [0.25, 0.3) is 11.5 Å². The Hall–Kier alpha value is -2.55. The van der Waals surface area contributed by atoms with E-state index in [1.165, 1.54) is 6.07 Å². The lowest BCUT2D eigenvalue weighted by Gasteiger charge is -2.18. The van der Waals surface area contributed by atoms with Gasteiger partial charge in [0.05, 0.1) is 11.8 Å². The Morgan fingerprint density at radius 2 is 1.85 bits per heavy atom. The highest BCUT2D eigenvalue weighted by atomic mass is 35.5. The third kappa shape index (κ3) is 3.52. The molecule has 0 saturated carbocycles. The van der Waals surface area contributed by atoms with Gasteiger partial charge in [-0.3, -0.25) is 14.4 Å². The fourth-order valence-electron chi connectivity index (χ4n) is 3.05. The fourth-order valence-corrected chi connectivity index (χ4v) is 3.05. The van der Waals surface area contributed by atoms with Crippen LogP contribution >= 0.6 is 12.4 Å². The third-order valence-corrected chi connectivity index (χ3v) is 4.33. The van der Waals surface area contributed by atoms with Crippen LogP contribution in [0.15, 0.2) is 35.1 Å². The fraction of sp³-hybridized carbons (Fsp3) is 0.312. The molecule has 1 aliphatic heterocycles. The number of nitrogens with zero attached hydrogens (tertiary/aromatic N) is 1. The second kappa shape index (κ2) is 6.99. The first-order chi connectivity index (χ1) is 11.7. The highest BCUT2D eigenvalue weighted by Crippen LogP contribution is 2.38. The van der Waals surface area contributed by atoms with Crippen LogP contribution in [0.3, 0.4) is 0 Å². The van der Waals surface area contributed by atoms with Crippen LogP contribution in [0.2, 0.25) is 0 Å². The number of aromatic amines is 1. The summed E-state index contributed by atoms with van der Waals surface area (Å²) >= 11 is 0. The Labute approximate surface area is 151 Å². The molecule has 1 fully saturated rings. The van der Waals surface area contributed by atoms with Crippen molar-refractivity contribution in [1.82, 2.24) is 9.88 Å². The molecule has 6 nitrogen and oxygen atoms in total. The molecule has 2 N–H and O–H groups in total. The van der Waals surface area contributed by atoms with Gasteiger partial charge in [-0.2, -0.15) is 13.2 Å². The lowest BCUT2D eigenvalue weighted by atomic mass is 9.96. The molecule has 3 rings (SSSR count). The Bertz CT molecular complexity index is 912. The number of fused-ring (bicyclic) bond motifs is 1. The number of rotatable bonds is 2. The number of halogens is 4. The minimum absolute atomic E-state index is 0. The quantitative estimate of drug-likeness (QED) is 0.823. The molecule has 0 radical (unpaired) electrons. The van der Waals surface area contributed by atoms with E-state index in [0.29, 0.717) is 10.8 Å². The van der Waals surface area contributed by atoms with Crippen LogP contribution in [0, 0.1) is 11.8 Å². The molecule has 1 aromatic heterocycles. The van der Waals surface area contributed by atoms with E-state index in [9.17, 15) is 27.6 Å². The number of carboxylic acids is 1. The second-order valence-electron chi connectivity index (χ2n) is 5.90. The molecule has 1 saturated heterocycles. The van der Waals surface area contributed by atoms with Crippen molar-refractivity contribution in [2.24, 2.45) is 11.8 Å². The number of alkyl halides is 3. The number of amides is 1. The van der Waals surface area contributed by atoms with Gasteiger partial charge in [-0.15, -0.1) is 12.4 Å². The van der Waals surface area contributed by atoms with Crippen molar-refractivity contribution in [1.29, 1.82) is 0 Å². The Balaban J connectivity index is 0.00000243. The molecule has 0 bridgehead atoms. The van der Waals surface area contributed by atoms with Crippen LogP contribution in [-0.2, 0) is 4.79 Å². The summed E-state index contributed by atoms with van der Waals surface area (Å²) in [5.41, 5.74) is -0.710. The summed E-state index contributed by atoms with van der Waals surface area (Å²) in [5, 5.41) is 9.82. The van der Waals surface area contributed by atoms with Crippen molar-refractivity contribution in [2.45, 2.75) is 6.18 Å². The zero-order valence-corrected chi connectivity index (χ0v) is 13.9. The van der Waals surface area contributed by atoms with Gasteiger partial charge in [0, 0.05) is 18.5 Å². The lowest BCUT2D eigenvalue weighted by Crippen LogP contribution is -2.34. The van der Waals surface area contributed by atoms with Crippen LogP contribution < -0.4 is 5.56 Å². The first-order valence-electron chi connectivity index (χ1n) is 7.39. The summed E-state index contributed by atoms with van der Waals surface area (Å²) in [6.07, 6.45) is -4.73. The first-order valence-corrected chi connectivity index (χ1v) is 7.39. The number of H-pyrrole nitrogens is 1. The van der Waals surface area contributed by atoms with Crippen LogP contribution in [0.5, 0.6) is 0 Å². The summed E-state index contributed by atoms with van der Waals surface area (Å²) in [7, 11) is 0. The van der Waals surface area contributed by atoms with Crippen LogP contribution in [0.25, 0.3) is 10.8 Å². The SMILES string of the molecule is Cl.O=C(O)[C@@H]1CN(C(=O)c2cc3ccccc3c(=O)[nH]2)C[C@H]1C(F)(F)F. The van der Waals surface area contributed by atoms with Crippen molar-refractivity contribution in [3.63, 3.8) is 0 Å². The van der Waals surface area contributed by atoms with E-state index in [0.717, 1.165) is 4.90 Å². The number of likely N-dealkylation sites (tertiary alicyclic amines) is 1. The Morgan fingerprint density at radius 3 is 2.42 bits per heavy atom. The number of aliphatic carboxylic acids is 1. The van der Waals surface area contributed by atoms with Gasteiger partial charge in [0.2, 0.25) is 0 Å². The molecule has 0 aliphatic carbocycles. The monoisotopic (exact) mass is 390 g/mol. The maximum Gasteiger partial charge on any atom is 0.394 e. The number of hydrogen-bond acceptors (Lipinski definition) is 3.